The highest BCUT2D eigenvalue weighted by Gasteiger charge is 2.36. The molecular formula is C26H36N2O2S. The minimum atomic E-state index is -0.126. The van der Waals surface area contributed by atoms with Crippen LogP contribution in [0.1, 0.15) is 101 Å². The lowest BCUT2D eigenvalue weighted by molar-refractivity contribution is -0.124. The van der Waals surface area contributed by atoms with Gasteiger partial charge in [0, 0.05) is 30.0 Å². The summed E-state index contributed by atoms with van der Waals surface area (Å²) >= 11 is 1.41. The minimum Gasteiger partial charge on any atom is -0.310 e. The van der Waals surface area contributed by atoms with Crippen molar-refractivity contribution in [3.05, 3.63) is 15.8 Å². The van der Waals surface area contributed by atoms with Crippen LogP contribution in [0.25, 0.3) is 0 Å². The Morgan fingerprint density at radius 3 is 2.26 bits per heavy atom. The predicted octanol–water partition coefficient (Wildman–Crippen LogP) is 6.47. The fourth-order valence-electron chi connectivity index (χ4n) is 4.53. The number of ketones is 1. The van der Waals surface area contributed by atoms with Crippen LogP contribution in [0, 0.1) is 34.5 Å². The van der Waals surface area contributed by atoms with E-state index in [1.807, 2.05) is 11.0 Å². The molecule has 0 aromatic carbocycles. The smallest absolute Gasteiger partial charge is 0.230 e. The van der Waals surface area contributed by atoms with Gasteiger partial charge in [-0.15, -0.1) is 11.3 Å². The topological polar surface area (TPSA) is 61.2 Å². The maximum Gasteiger partial charge on any atom is 0.230 e. The first-order valence-electron chi connectivity index (χ1n) is 11.6. The molecular weight excluding hydrogens is 404 g/mol. The lowest BCUT2D eigenvalue weighted by Gasteiger charge is -2.38. The summed E-state index contributed by atoms with van der Waals surface area (Å²) in [5.74, 6) is 7.36. The van der Waals surface area contributed by atoms with Crippen molar-refractivity contribution in [3.63, 3.8) is 0 Å². The van der Waals surface area contributed by atoms with Crippen molar-refractivity contribution in [2.24, 2.45) is 17.3 Å². The highest BCUT2D eigenvalue weighted by molar-refractivity contribution is 7.15. The third-order valence-corrected chi connectivity index (χ3v) is 7.52. The van der Waals surface area contributed by atoms with Gasteiger partial charge in [-0.2, -0.15) is 0 Å². The van der Waals surface area contributed by atoms with E-state index in [1.165, 1.54) is 11.3 Å². The second-order valence-electron chi connectivity index (χ2n) is 10.4. The van der Waals surface area contributed by atoms with Gasteiger partial charge < -0.3 is 10.3 Å². The van der Waals surface area contributed by atoms with Gasteiger partial charge in [0.1, 0.15) is 0 Å². The average Bonchev–Trinajstić information content (AvgIpc) is 3.12. The van der Waals surface area contributed by atoms with Gasteiger partial charge in [0.2, 0.25) is 5.91 Å². The summed E-state index contributed by atoms with van der Waals surface area (Å²) in [6, 6.07) is 2.01. The normalized spacial score (nSPS) is 24.3. The largest absolute Gasteiger partial charge is 0.310 e. The molecule has 0 unspecified atom stereocenters. The zero-order chi connectivity index (χ0) is 22.8. The standard InChI is InChI=1S/C26H36N2O2S/c1-17-6-8-19(9-7-17)25(30)28(21-12-10-20(27)11-13-21)23-16-22(14-15-26(3,4)5)31-24(23)18(2)29/h16-17,19,21,27H,6-13H2,1-5H3/t17-,19-,21?. The molecule has 5 heteroatoms. The molecule has 2 aliphatic carbocycles. The zero-order valence-corrected chi connectivity index (χ0v) is 20.5. The van der Waals surface area contributed by atoms with E-state index in [-0.39, 0.29) is 29.1 Å². The lowest BCUT2D eigenvalue weighted by Crippen LogP contribution is -2.46. The van der Waals surface area contributed by atoms with Gasteiger partial charge in [-0.1, -0.05) is 18.8 Å². The maximum absolute atomic E-state index is 13.8. The van der Waals surface area contributed by atoms with E-state index in [0.717, 1.165) is 67.6 Å². The van der Waals surface area contributed by atoms with Gasteiger partial charge in [-0.05, 0) is 84.1 Å². The highest BCUT2D eigenvalue weighted by atomic mass is 32.1. The Hall–Kier alpha value is -1.93. The number of hydrogen-bond donors (Lipinski definition) is 1. The van der Waals surface area contributed by atoms with E-state index in [4.69, 9.17) is 5.41 Å². The van der Waals surface area contributed by atoms with Gasteiger partial charge in [-0.3, -0.25) is 9.59 Å². The van der Waals surface area contributed by atoms with E-state index in [9.17, 15) is 9.59 Å². The van der Waals surface area contributed by atoms with Crippen molar-refractivity contribution in [3.8, 4) is 11.8 Å². The van der Waals surface area contributed by atoms with Crippen LogP contribution in [0.2, 0.25) is 0 Å². The average molecular weight is 441 g/mol. The predicted molar refractivity (Wildman–Crippen MR) is 129 cm³/mol. The number of hydrogen-bond acceptors (Lipinski definition) is 4. The maximum atomic E-state index is 13.8. The second kappa shape index (κ2) is 9.69. The van der Waals surface area contributed by atoms with Crippen molar-refractivity contribution in [2.75, 3.05) is 4.90 Å². The molecule has 1 N–H and O–H groups in total. The number of Topliss-reactive ketones (excluding diaryl/α,β-unsaturated/α-hetero) is 1. The molecule has 0 radical (unpaired) electrons. The lowest BCUT2D eigenvalue weighted by atomic mass is 9.81. The molecule has 0 atom stereocenters. The molecule has 0 bridgehead atoms. The molecule has 4 nitrogen and oxygen atoms in total. The molecule has 1 heterocycles. The van der Waals surface area contributed by atoms with Crippen LogP contribution in [-0.4, -0.2) is 23.4 Å². The monoisotopic (exact) mass is 440 g/mol. The van der Waals surface area contributed by atoms with Crippen molar-refractivity contribution in [1.82, 2.24) is 0 Å². The second-order valence-corrected chi connectivity index (χ2v) is 11.4. The quantitative estimate of drug-likeness (QED) is 0.431. The Morgan fingerprint density at radius 1 is 1.10 bits per heavy atom. The van der Waals surface area contributed by atoms with Gasteiger partial charge in [-0.25, -0.2) is 0 Å². The van der Waals surface area contributed by atoms with Gasteiger partial charge in [0.05, 0.1) is 15.4 Å². The number of carbonyl (C=O) groups is 2. The molecule has 1 aromatic rings. The molecule has 2 fully saturated rings. The van der Waals surface area contributed by atoms with Gasteiger partial charge >= 0.3 is 0 Å². The number of thiophene rings is 1. The third-order valence-electron chi connectivity index (χ3n) is 6.38. The molecule has 1 aromatic heterocycles. The number of nitrogens with zero attached hydrogens (tertiary/aromatic N) is 1. The van der Waals surface area contributed by atoms with E-state index in [0.29, 0.717) is 10.8 Å². The van der Waals surface area contributed by atoms with E-state index < -0.39 is 0 Å². The van der Waals surface area contributed by atoms with E-state index in [2.05, 4.69) is 39.5 Å². The molecule has 168 valence electrons. The SMILES string of the molecule is CC(=O)c1sc(C#CC(C)(C)C)cc1N(C(=O)[C@H]1CC[C@H](C)CC1)C1CCC(=N)CC1. The zero-order valence-electron chi connectivity index (χ0n) is 19.6. The Balaban J connectivity index is 2.00. The molecule has 0 saturated heterocycles. The number of carbonyl (C=O) groups excluding carboxylic acids is 2. The fourth-order valence-corrected chi connectivity index (χ4v) is 5.43. The number of nitrogens with one attached hydrogen (secondary N) is 1. The summed E-state index contributed by atoms with van der Waals surface area (Å²) in [5, 5.41) is 8.00. The number of amides is 1. The molecule has 0 spiro atoms. The Morgan fingerprint density at radius 2 is 1.71 bits per heavy atom. The summed E-state index contributed by atoms with van der Waals surface area (Å²) < 4.78 is 0. The molecule has 2 saturated carbocycles. The van der Waals surface area contributed by atoms with Crippen LogP contribution in [0.15, 0.2) is 6.07 Å². The molecule has 1 amide bonds. The number of anilines is 1. The Kier molecular flexibility index (Phi) is 7.42. The first-order chi connectivity index (χ1) is 14.5. The minimum absolute atomic E-state index is 0.0116. The summed E-state index contributed by atoms with van der Waals surface area (Å²) in [5.41, 5.74) is 1.39. The van der Waals surface area contributed by atoms with Crippen molar-refractivity contribution >= 4 is 34.4 Å². The van der Waals surface area contributed by atoms with Gasteiger partial charge in [0.15, 0.2) is 5.78 Å². The van der Waals surface area contributed by atoms with Crippen molar-refractivity contribution in [2.45, 2.75) is 92.0 Å². The Labute approximate surface area is 191 Å². The highest BCUT2D eigenvalue weighted by Crippen LogP contribution is 2.38. The first kappa shape index (κ1) is 23.7. The van der Waals surface area contributed by atoms with Crippen LogP contribution in [0.3, 0.4) is 0 Å². The van der Waals surface area contributed by atoms with E-state index >= 15 is 0 Å². The van der Waals surface area contributed by atoms with Crippen molar-refractivity contribution < 1.29 is 9.59 Å². The van der Waals surface area contributed by atoms with Crippen LogP contribution in [-0.2, 0) is 4.79 Å². The summed E-state index contributed by atoms with van der Waals surface area (Å²) in [6.07, 6.45) is 7.08. The molecule has 3 rings (SSSR count). The van der Waals surface area contributed by atoms with Gasteiger partial charge in [0.25, 0.3) is 0 Å². The van der Waals surface area contributed by atoms with Crippen LogP contribution >= 0.6 is 11.3 Å². The molecule has 31 heavy (non-hydrogen) atoms. The summed E-state index contributed by atoms with van der Waals surface area (Å²) in [4.78, 5) is 29.8. The first-order valence-corrected chi connectivity index (χ1v) is 12.4. The van der Waals surface area contributed by atoms with Crippen LogP contribution < -0.4 is 4.90 Å². The van der Waals surface area contributed by atoms with Crippen LogP contribution in [0.4, 0.5) is 5.69 Å². The Bertz CT molecular complexity index is 894. The summed E-state index contributed by atoms with van der Waals surface area (Å²) in [6.45, 7) is 10.0. The third kappa shape index (κ3) is 6.07. The fraction of sp³-hybridized carbons (Fsp3) is 0.654. The number of rotatable bonds is 4. The van der Waals surface area contributed by atoms with Crippen molar-refractivity contribution in [1.29, 1.82) is 5.41 Å². The summed E-state index contributed by atoms with van der Waals surface area (Å²) in [7, 11) is 0. The molecule has 0 aliphatic heterocycles. The molecule has 2 aliphatic rings. The van der Waals surface area contributed by atoms with Crippen LogP contribution in [0.5, 0.6) is 0 Å². The van der Waals surface area contributed by atoms with E-state index in [1.54, 1.807) is 6.92 Å².